The minimum absolute atomic E-state index is 0.0316. The summed E-state index contributed by atoms with van der Waals surface area (Å²) in [5, 5.41) is 8.69. The zero-order valence-electron chi connectivity index (χ0n) is 15.4. The fraction of sp³-hybridized carbons (Fsp3) is 0.650. The molecule has 2 fully saturated rings. The van der Waals surface area contributed by atoms with Crippen LogP contribution < -0.4 is 5.73 Å². The summed E-state index contributed by atoms with van der Waals surface area (Å²) in [6, 6.07) is 5.94. The number of piperidine rings is 1. The van der Waals surface area contributed by atoms with Crippen molar-refractivity contribution >= 4 is 11.6 Å². The highest BCUT2D eigenvalue weighted by molar-refractivity contribution is 5.77. The number of pyridine rings is 1. The van der Waals surface area contributed by atoms with E-state index in [-0.39, 0.29) is 17.2 Å². The smallest absolute Gasteiger partial charge is 0.223 e. The van der Waals surface area contributed by atoms with Gasteiger partial charge in [-0.1, -0.05) is 25.3 Å². The van der Waals surface area contributed by atoms with E-state index in [4.69, 9.17) is 5.73 Å². The van der Waals surface area contributed by atoms with Crippen molar-refractivity contribution in [3.8, 4) is 0 Å². The van der Waals surface area contributed by atoms with Crippen LogP contribution >= 0.6 is 0 Å². The molecule has 6 heteroatoms. The number of aromatic nitrogens is 3. The Balaban J connectivity index is 1.47. The maximum Gasteiger partial charge on any atom is 0.223 e. The van der Waals surface area contributed by atoms with E-state index in [0.29, 0.717) is 13.0 Å². The molecule has 1 atom stereocenters. The third-order valence-corrected chi connectivity index (χ3v) is 6.35. The van der Waals surface area contributed by atoms with Crippen LogP contribution in [0, 0.1) is 5.41 Å². The SMILES string of the molecule is NCC1(CC(=O)N2CCCC(c3nnc4ccccn34)C2)CCCCC1. The van der Waals surface area contributed by atoms with Crippen molar-refractivity contribution < 1.29 is 4.79 Å². The number of fused-ring (bicyclic) bond motifs is 1. The van der Waals surface area contributed by atoms with Gasteiger partial charge in [0.15, 0.2) is 5.65 Å². The van der Waals surface area contributed by atoms with Crippen LogP contribution in [-0.2, 0) is 4.79 Å². The van der Waals surface area contributed by atoms with Crippen LogP contribution in [0.4, 0.5) is 0 Å². The normalized spacial score (nSPS) is 23.3. The van der Waals surface area contributed by atoms with Gasteiger partial charge in [-0.25, -0.2) is 0 Å². The predicted octanol–water partition coefficient (Wildman–Crippen LogP) is 2.73. The first-order valence-electron chi connectivity index (χ1n) is 9.98. The number of carbonyl (C=O) groups excluding carboxylic acids is 1. The van der Waals surface area contributed by atoms with Crippen LogP contribution in [0.3, 0.4) is 0 Å². The number of nitrogens with two attached hydrogens (primary N) is 1. The Hall–Kier alpha value is -1.95. The molecule has 26 heavy (non-hydrogen) atoms. The van der Waals surface area contributed by atoms with E-state index in [1.807, 2.05) is 29.3 Å². The van der Waals surface area contributed by atoms with Gasteiger partial charge < -0.3 is 10.6 Å². The molecule has 3 heterocycles. The molecule has 0 spiro atoms. The number of likely N-dealkylation sites (tertiary alicyclic amines) is 1. The number of amides is 1. The Morgan fingerprint density at radius 3 is 2.85 bits per heavy atom. The van der Waals surface area contributed by atoms with Crippen molar-refractivity contribution in [2.75, 3.05) is 19.6 Å². The van der Waals surface area contributed by atoms with Gasteiger partial charge in [-0.15, -0.1) is 10.2 Å². The van der Waals surface area contributed by atoms with E-state index in [0.717, 1.165) is 50.2 Å². The first-order valence-corrected chi connectivity index (χ1v) is 9.98. The molecule has 4 rings (SSSR count). The second kappa shape index (κ2) is 7.35. The Bertz CT molecular complexity index is 764. The summed E-state index contributed by atoms with van der Waals surface area (Å²) in [6.07, 6.45) is 10.6. The van der Waals surface area contributed by atoms with E-state index in [1.54, 1.807) is 0 Å². The van der Waals surface area contributed by atoms with E-state index < -0.39 is 0 Å². The number of carbonyl (C=O) groups is 1. The standard InChI is InChI=1S/C20H29N5O/c21-15-20(9-3-1-4-10-20)13-18(26)24-11-6-7-16(14-24)19-23-22-17-8-2-5-12-25(17)19/h2,5,8,12,16H,1,3-4,6-7,9-11,13-15,21H2. The maximum atomic E-state index is 13.0. The molecule has 0 bridgehead atoms. The van der Waals surface area contributed by atoms with Gasteiger partial charge in [0.1, 0.15) is 5.82 Å². The summed E-state index contributed by atoms with van der Waals surface area (Å²) in [4.78, 5) is 15.1. The first kappa shape index (κ1) is 17.5. The van der Waals surface area contributed by atoms with Crippen LogP contribution in [0.1, 0.15) is 63.1 Å². The average molecular weight is 355 g/mol. The molecule has 1 amide bonds. The van der Waals surface area contributed by atoms with Crippen molar-refractivity contribution in [3.05, 3.63) is 30.2 Å². The molecule has 2 aliphatic rings. The highest BCUT2D eigenvalue weighted by Crippen LogP contribution is 2.39. The second-order valence-electron chi connectivity index (χ2n) is 8.11. The van der Waals surface area contributed by atoms with Crippen LogP contribution in [0.5, 0.6) is 0 Å². The van der Waals surface area contributed by atoms with Gasteiger partial charge in [-0.2, -0.15) is 0 Å². The molecule has 2 N–H and O–H groups in total. The van der Waals surface area contributed by atoms with E-state index in [2.05, 4.69) is 14.6 Å². The highest BCUT2D eigenvalue weighted by Gasteiger charge is 2.36. The topological polar surface area (TPSA) is 76.5 Å². The molecule has 0 radical (unpaired) electrons. The Labute approximate surface area is 154 Å². The molecule has 1 saturated carbocycles. The average Bonchev–Trinajstić information content (AvgIpc) is 3.13. The lowest BCUT2D eigenvalue weighted by Gasteiger charge is -2.39. The lowest BCUT2D eigenvalue weighted by molar-refractivity contribution is -0.135. The molecule has 1 aliphatic heterocycles. The summed E-state index contributed by atoms with van der Waals surface area (Å²) >= 11 is 0. The molecule has 2 aromatic rings. The van der Waals surface area contributed by atoms with Crippen molar-refractivity contribution in [2.45, 2.75) is 57.3 Å². The molecule has 1 saturated heterocycles. The molecule has 2 aromatic heterocycles. The Morgan fingerprint density at radius 2 is 2.04 bits per heavy atom. The fourth-order valence-corrected chi connectivity index (χ4v) is 4.74. The number of hydrogen-bond acceptors (Lipinski definition) is 4. The van der Waals surface area contributed by atoms with Gasteiger partial charge >= 0.3 is 0 Å². The summed E-state index contributed by atoms with van der Waals surface area (Å²) < 4.78 is 2.06. The van der Waals surface area contributed by atoms with Crippen LogP contribution in [0.25, 0.3) is 5.65 Å². The van der Waals surface area contributed by atoms with E-state index in [1.165, 1.54) is 19.3 Å². The summed E-state index contributed by atoms with van der Waals surface area (Å²) in [7, 11) is 0. The third-order valence-electron chi connectivity index (χ3n) is 6.35. The van der Waals surface area contributed by atoms with Crippen molar-refractivity contribution in [3.63, 3.8) is 0 Å². The fourth-order valence-electron chi connectivity index (χ4n) is 4.74. The van der Waals surface area contributed by atoms with Crippen molar-refractivity contribution in [2.24, 2.45) is 11.1 Å². The van der Waals surface area contributed by atoms with Crippen LogP contribution in [0.15, 0.2) is 24.4 Å². The second-order valence-corrected chi connectivity index (χ2v) is 8.11. The third kappa shape index (κ3) is 3.34. The predicted molar refractivity (Wildman–Crippen MR) is 101 cm³/mol. The summed E-state index contributed by atoms with van der Waals surface area (Å²) in [6.45, 7) is 2.23. The summed E-state index contributed by atoms with van der Waals surface area (Å²) in [5.74, 6) is 1.51. The molecular formula is C20H29N5O. The molecular weight excluding hydrogens is 326 g/mol. The van der Waals surface area contributed by atoms with Gasteiger partial charge in [0, 0.05) is 31.6 Å². The largest absolute Gasteiger partial charge is 0.342 e. The van der Waals surface area contributed by atoms with Crippen molar-refractivity contribution in [1.29, 1.82) is 0 Å². The lowest BCUT2D eigenvalue weighted by atomic mass is 9.71. The van der Waals surface area contributed by atoms with E-state index in [9.17, 15) is 4.79 Å². The molecule has 1 aliphatic carbocycles. The minimum Gasteiger partial charge on any atom is -0.342 e. The van der Waals surface area contributed by atoms with Crippen LogP contribution in [-0.4, -0.2) is 45.0 Å². The zero-order valence-corrected chi connectivity index (χ0v) is 15.4. The minimum atomic E-state index is 0.0316. The monoisotopic (exact) mass is 355 g/mol. The van der Waals surface area contributed by atoms with E-state index >= 15 is 0 Å². The number of nitrogens with zero attached hydrogens (tertiary/aromatic N) is 4. The number of rotatable bonds is 4. The van der Waals surface area contributed by atoms with Crippen LogP contribution in [0.2, 0.25) is 0 Å². The Kier molecular flexibility index (Phi) is 4.94. The van der Waals surface area contributed by atoms with Gasteiger partial charge in [0.2, 0.25) is 5.91 Å². The molecule has 1 unspecified atom stereocenters. The molecule has 0 aromatic carbocycles. The Morgan fingerprint density at radius 1 is 1.19 bits per heavy atom. The first-order chi connectivity index (χ1) is 12.7. The number of hydrogen-bond donors (Lipinski definition) is 1. The molecule has 6 nitrogen and oxygen atoms in total. The molecule has 140 valence electrons. The van der Waals surface area contributed by atoms with Gasteiger partial charge in [-0.05, 0) is 49.8 Å². The zero-order chi connectivity index (χ0) is 18.0. The lowest BCUT2D eigenvalue weighted by Crippen LogP contribution is -2.44. The quantitative estimate of drug-likeness (QED) is 0.915. The van der Waals surface area contributed by atoms with Gasteiger partial charge in [0.05, 0.1) is 0 Å². The van der Waals surface area contributed by atoms with Gasteiger partial charge in [-0.3, -0.25) is 9.20 Å². The maximum absolute atomic E-state index is 13.0. The summed E-state index contributed by atoms with van der Waals surface area (Å²) in [5.41, 5.74) is 6.99. The van der Waals surface area contributed by atoms with Crippen molar-refractivity contribution in [1.82, 2.24) is 19.5 Å². The van der Waals surface area contributed by atoms with Gasteiger partial charge in [0.25, 0.3) is 0 Å². The highest BCUT2D eigenvalue weighted by atomic mass is 16.2.